The van der Waals surface area contributed by atoms with Crippen LogP contribution in [0.2, 0.25) is 0 Å². The number of phenols is 1. The highest BCUT2D eigenvalue weighted by molar-refractivity contribution is 5.78. The Morgan fingerprint density at radius 3 is 2.56 bits per heavy atom. The van der Waals surface area contributed by atoms with E-state index in [-0.39, 0.29) is 17.7 Å². The van der Waals surface area contributed by atoms with Crippen molar-refractivity contribution in [3.63, 3.8) is 0 Å². The summed E-state index contributed by atoms with van der Waals surface area (Å²) in [5.74, 6) is 0.167. The lowest BCUT2D eigenvalue weighted by molar-refractivity contribution is -0.121. The lowest BCUT2D eigenvalue weighted by Gasteiger charge is -2.14. The Morgan fingerprint density at radius 1 is 1.44 bits per heavy atom. The number of amides is 1. The summed E-state index contributed by atoms with van der Waals surface area (Å²) in [6.07, 6.45) is 1.15. The Bertz CT molecular complexity index is 331. The molecular weight excluding hydrogens is 204 g/mol. The number of carbonyl (C=O) groups excluding carboxylic acids is 1. The molecule has 1 aromatic rings. The molecule has 0 heterocycles. The molecule has 4 N–H and O–H groups in total. The standard InChI is InChI=1S/C12H18N2O2/c1-2-10(8-13)14-12(16)7-9-3-5-11(15)6-4-9/h3-6,10,15H,2,7-8,13H2,1H3,(H,14,16). The van der Waals surface area contributed by atoms with Gasteiger partial charge in [0.1, 0.15) is 5.75 Å². The first kappa shape index (κ1) is 12.5. The Hall–Kier alpha value is -1.55. The molecule has 0 fully saturated rings. The van der Waals surface area contributed by atoms with Crippen LogP contribution < -0.4 is 11.1 Å². The van der Waals surface area contributed by atoms with Gasteiger partial charge in [0, 0.05) is 12.6 Å². The summed E-state index contributed by atoms with van der Waals surface area (Å²) in [5, 5.41) is 11.9. The van der Waals surface area contributed by atoms with Crippen molar-refractivity contribution in [3.8, 4) is 5.75 Å². The van der Waals surface area contributed by atoms with E-state index >= 15 is 0 Å². The highest BCUT2D eigenvalue weighted by Crippen LogP contribution is 2.09. The van der Waals surface area contributed by atoms with Gasteiger partial charge in [-0.1, -0.05) is 19.1 Å². The van der Waals surface area contributed by atoms with Gasteiger partial charge in [-0.25, -0.2) is 0 Å². The molecule has 0 saturated carbocycles. The van der Waals surface area contributed by atoms with Gasteiger partial charge in [0.25, 0.3) is 0 Å². The summed E-state index contributed by atoms with van der Waals surface area (Å²) in [6, 6.07) is 6.66. The first-order chi connectivity index (χ1) is 7.65. The molecule has 1 atom stereocenters. The van der Waals surface area contributed by atoms with Gasteiger partial charge in [-0.05, 0) is 24.1 Å². The number of benzene rings is 1. The van der Waals surface area contributed by atoms with Crippen molar-refractivity contribution in [2.75, 3.05) is 6.54 Å². The van der Waals surface area contributed by atoms with Crippen LogP contribution in [0.5, 0.6) is 5.75 Å². The summed E-state index contributed by atoms with van der Waals surface area (Å²) in [5.41, 5.74) is 6.37. The second kappa shape index (κ2) is 6.12. The molecule has 88 valence electrons. The average Bonchev–Trinajstić information content (AvgIpc) is 2.29. The lowest BCUT2D eigenvalue weighted by Crippen LogP contribution is -2.40. The Morgan fingerprint density at radius 2 is 2.06 bits per heavy atom. The molecule has 0 saturated heterocycles. The highest BCUT2D eigenvalue weighted by atomic mass is 16.3. The molecule has 1 amide bonds. The Balaban J connectivity index is 2.48. The molecule has 0 spiro atoms. The molecule has 16 heavy (non-hydrogen) atoms. The monoisotopic (exact) mass is 222 g/mol. The number of phenolic OH excluding ortho intramolecular Hbond substituents is 1. The maximum Gasteiger partial charge on any atom is 0.224 e. The third-order valence-electron chi connectivity index (χ3n) is 2.44. The number of hydrogen-bond donors (Lipinski definition) is 3. The number of nitrogens with two attached hydrogens (primary N) is 1. The largest absolute Gasteiger partial charge is 0.508 e. The number of rotatable bonds is 5. The van der Waals surface area contributed by atoms with Crippen LogP contribution in [0.1, 0.15) is 18.9 Å². The predicted octanol–water partition coefficient (Wildman–Crippen LogP) is 0.788. The molecule has 4 nitrogen and oxygen atoms in total. The van der Waals surface area contributed by atoms with Crippen LogP contribution in [0.25, 0.3) is 0 Å². The van der Waals surface area contributed by atoms with Gasteiger partial charge in [-0.2, -0.15) is 0 Å². The van der Waals surface area contributed by atoms with Crippen LogP contribution in [-0.2, 0) is 11.2 Å². The van der Waals surface area contributed by atoms with Gasteiger partial charge in [0.15, 0.2) is 0 Å². The van der Waals surface area contributed by atoms with E-state index in [0.29, 0.717) is 13.0 Å². The molecule has 0 aliphatic carbocycles. The smallest absolute Gasteiger partial charge is 0.224 e. The molecular formula is C12H18N2O2. The van der Waals surface area contributed by atoms with Crippen LogP contribution in [-0.4, -0.2) is 23.6 Å². The minimum atomic E-state index is -0.0389. The van der Waals surface area contributed by atoms with E-state index in [2.05, 4.69) is 5.32 Å². The first-order valence-electron chi connectivity index (χ1n) is 5.43. The summed E-state index contributed by atoms with van der Waals surface area (Å²) in [6.45, 7) is 2.44. The van der Waals surface area contributed by atoms with Gasteiger partial charge in [-0.15, -0.1) is 0 Å². The zero-order valence-electron chi connectivity index (χ0n) is 9.44. The molecule has 1 aromatic carbocycles. The van der Waals surface area contributed by atoms with E-state index < -0.39 is 0 Å². The van der Waals surface area contributed by atoms with E-state index in [0.717, 1.165) is 12.0 Å². The number of hydrogen-bond acceptors (Lipinski definition) is 3. The van der Waals surface area contributed by atoms with E-state index in [1.165, 1.54) is 0 Å². The maximum atomic E-state index is 11.6. The van der Waals surface area contributed by atoms with Crippen molar-refractivity contribution >= 4 is 5.91 Å². The lowest BCUT2D eigenvalue weighted by atomic mass is 10.1. The van der Waals surface area contributed by atoms with Crippen LogP contribution in [0.15, 0.2) is 24.3 Å². The number of carbonyl (C=O) groups is 1. The van der Waals surface area contributed by atoms with E-state index in [1.54, 1.807) is 24.3 Å². The summed E-state index contributed by atoms with van der Waals surface area (Å²) in [4.78, 5) is 11.6. The molecule has 1 unspecified atom stereocenters. The van der Waals surface area contributed by atoms with Gasteiger partial charge in [0.2, 0.25) is 5.91 Å². The zero-order valence-corrected chi connectivity index (χ0v) is 9.44. The molecule has 0 aromatic heterocycles. The molecule has 1 rings (SSSR count). The molecule has 0 aliphatic heterocycles. The fourth-order valence-corrected chi connectivity index (χ4v) is 1.41. The van der Waals surface area contributed by atoms with Crippen molar-refractivity contribution < 1.29 is 9.90 Å². The van der Waals surface area contributed by atoms with E-state index in [4.69, 9.17) is 10.8 Å². The summed E-state index contributed by atoms with van der Waals surface area (Å²) >= 11 is 0. The second-order valence-electron chi connectivity index (χ2n) is 3.75. The third kappa shape index (κ3) is 3.90. The van der Waals surface area contributed by atoms with Crippen molar-refractivity contribution in [2.45, 2.75) is 25.8 Å². The zero-order chi connectivity index (χ0) is 12.0. The number of aromatic hydroxyl groups is 1. The normalized spacial score (nSPS) is 12.1. The van der Waals surface area contributed by atoms with Gasteiger partial charge < -0.3 is 16.2 Å². The Labute approximate surface area is 95.5 Å². The van der Waals surface area contributed by atoms with Crippen molar-refractivity contribution in [2.24, 2.45) is 5.73 Å². The molecule has 0 aliphatic rings. The minimum absolute atomic E-state index is 0.0389. The molecule has 4 heteroatoms. The van der Waals surface area contributed by atoms with Gasteiger partial charge >= 0.3 is 0 Å². The molecule has 0 radical (unpaired) electrons. The van der Waals surface area contributed by atoms with Gasteiger partial charge in [0.05, 0.1) is 6.42 Å². The fourth-order valence-electron chi connectivity index (χ4n) is 1.41. The SMILES string of the molecule is CCC(CN)NC(=O)Cc1ccc(O)cc1. The van der Waals surface area contributed by atoms with Crippen LogP contribution in [0.3, 0.4) is 0 Å². The topological polar surface area (TPSA) is 75.3 Å². The van der Waals surface area contributed by atoms with E-state index in [1.807, 2.05) is 6.92 Å². The third-order valence-corrected chi connectivity index (χ3v) is 2.44. The minimum Gasteiger partial charge on any atom is -0.508 e. The average molecular weight is 222 g/mol. The van der Waals surface area contributed by atoms with E-state index in [9.17, 15) is 4.79 Å². The maximum absolute atomic E-state index is 11.6. The van der Waals surface area contributed by atoms with Crippen molar-refractivity contribution in [1.82, 2.24) is 5.32 Å². The summed E-state index contributed by atoms with van der Waals surface area (Å²) in [7, 11) is 0. The van der Waals surface area contributed by atoms with Crippen molar-refractivity contribution in [3.05, 3.63) is 29.8 Å². The molecule has 0 bridgehead atoms. The Kier molecular flexibility index (Phi) is 4.79. The number of nitrogens with one attached hydrogen (secondary N) is 1. The second-order valence-corrected chi connectivity index (χ2v) is 3.75. The fraction of sp³-hybridized carbons (Fsp3) is 0.417. The van der Waals surface area contributed by atoms with Gasteiger partial charge in [-0.3, -0.25) is 4.79 Å². The van der Waals surface area contributed by atoms with Crippen molar-refractivity contribution in [1.29, 1.82) is 0 Å². The summed E-state index contributed by atoms with van der Waals surface area (Å²) < 4.78 is 0. The van der Waals surface area contributed by atoms with Crippen LogP contribution in [0, 0.1) is 0 Å². The highest BCUT2D eigenvalue weighted by Gasteiger charge is 2.08. The van der Waals surface area contributed by atoms with Crippen LogP contribution in [0.4, 0.5) is 0 Å². The predicted molar refractivity (Wildman–Crippen MR) is 63.1 cm³/mol. The first-order valence-corrected chi connectivity index (χ1v) is 5.43. The quantitative estimate of drug-likeness (QED) is 0.689. The van der Waals surface area contributed by atoms with Crippen LogP contribution >= 0.6 is 0 Å².